The first kappa shape index (κ1) is 14.8. The summed E-state index contributed by atoms with van der Waals surface area (Å²) >= 11 is 0.880. The van der Waals surface area contributed by atoms with Gasteiger partial charge in [-0.2, -0.15) is 0 Å². The Labute approximate surface area is 120 Å². The van der Waals surface area contributed by atoms with E-state index in [1.807, 2.05) is 0 Å². The molecule has 0 saturated heterocycles. The molecule has 0 aromatic carbocycles. The summed E-state index contributed by atoms with van der Waals surface area (Å²) in [4.78, 5) is 10.7. The molecule has 0 amide bonds. The summed E-state index contributed by atoms with van der Waals surface area (Å²) in [6, 6.07) is 4.28. The molecule has 6 nitrogen and oxygen atoms in total. The van der Waals surface area contributed by atoms with Crippen molar-refractivity contribution in [3.05, 3.63) is 40.5 Å². The first-order valence-electron chi connectivity index (χ1n) is 5.75. The van der Waals surface area contributed by atoms with Gasteiger partial charge in [0.05, 0.1) is 11.2 Å². The van der Waals surface area contributed by atoms with E-state index >= 15 is 0 Å². The maximum absolute atomic E-state index is 12.1. The van der Waals surface area contributed by atoms with Gasteiger partial charge in [-0.3, -0.25) is 0 Å². The largest absolute Gasteiger partial charge is 0.477 e. The fourth-order valence-corrected chi connectivity index (χ4v) is 4.03. The quantitative estimate of drug-likeness (QED) is 0.849. The SMILES string of the molecule is CC(Cc1ccco1)NS(=O)(=O)c1csc(C(=O)O)c1. The van der Waals surface area contributed by atoms with Crippen molar-refractivity contribution < 1.29 is 22.7 Å². The molecule has 2 aromatic rings. The van der Waals surface area contributed by atoms with Crippen LogP contribution < -0.4 is 4.72 Å². The van der Waals surface area contributed by atoms with E-state index in [9.17, 15) is 13.2 Å². The zero-order valence-electron chi connectivity index (χ0n) is 10.6. The fourth-order valence-electron chi connectivity index (χ4n) is 1.68. The number of carboxylic acids is 1. The average molecular weight is 315 g/mol. The zero-order chi connectivity index (χ0) is 14.8. The third kappa shape index (κ3) is 3.47. The molecule has 2 rings (SSSR count). The van der Waals surface area contributed by atoms with Crippen molar-refractivity contribution in [2.45, 2.75) is 24.3 Å². The number of carbonyl (C=O) groups is 1. The summed E-state index contributed by atoms with van der Waals surface area (Å²) in [5, 5.41) is 10.1. The highest BCUT2D eigenvalue weighted by atomic mass is 32.2. The van der Waals surface area contributed by atoms with Gasteiger partial charge in [0, 0.05) is 17.8 Å². The monoisotopic (exact) mass is 315 g/mol. The Morgan fingerprint density at radius 3 is 2.85 bits per heavy atom. The van der Waals surface area contributed by atoms with Crippen molar-refractivity contribution in [2.24, 2.45) is 0 Å². The number of hydrogen-bond acceptors (Lipinski definition) is 5. The van der Waals surface area contributed by atoms with E-state index in [1.54, 1.807) is 19.1 Å². The molecule has 0 aliphatic carbocycles. The Hall–Kier alpha value is -1.64. The van der Waals surface area contributed by atoms with Crippen LogP contribution in [0.3, 0.4) is 0 Å². The van der Waals surface area contributed by atoms with Gasteiger partial charge in [-0.15, -0.1) is 11.3 Å². The Morgan fingerprint density at radius 1 is 1.55 bits per heavy atom. The molecule has 0 bridgehead atoms. The van der Waals surface area contributed by atoms with Crippen molar-refractivity contribution >= 4 is 27.3 Å². The van der Waals surface area contributed by atoms with Crippen LogP contribution in [0.4, 0.5) is 0 Å². The third-order valence-corrected chi connectivity index (χ3v) is 5.18. The predicted molar refractivity (Wildman–Crippen MR) is 73.5 cm³/mol. The lowest BCUT2D eigenvalue weighted by Crippen LogP contribution is -2.33. The molecule has 2 heterocycles. The first-order valence-corrected chi connectivity index (χ1v) is 8.11. The van der Waals surface area contributed by atoms with Crippen LogP contribution >= 0.6 is 11.3 Å². The lowest BCUT2D eigenvalue weighted by molar-refractivity contribution is 0.0702. The summed E-state index contributed by atoms with van der Waals surface area (Å²) in [5.74, 6) is -0.461. The van der Waals surface area contributed by atoms with Gasteiger partial charge < -0.3 is 9.52 Å². The predicted octanol–water partition coefficient (Wildman–Crippen LogP) is 1.95. The second kappa shape index (κ2) is 5.78. The number of furan rings is 1. The number of carboxylic acid groups (broad SMARTS) is 1. The molecule has 8 heteroatoms. The highest BCUT2D eigenvalue weighted by Gasteiger charge is 2.21. The van der Waals surface area contributed by atoms with Crippen LogP contribution in [0, 0.1) is 0 Å². The molecule has 2 aromatic heterocycles. The van der Waals surface area contributed by atoms with E-state index in [0.29, 0.717) is 12.2 Å². The van der Waals surface area contributed by atoms with Crippen LogP contribution in [0.25, 0.3) is 0 Å². The van der Waals surface area contributed by atoms with E-state index in [1.165, 1.54) is 11.6 Å². The van der Waals surface area contributed by atoms with Crippen molar-refractivity contribution in [3.8, 4) is 0 Å². The number of rotatable bonds is 6. The lowest BCUT2D eigenvalue weighted by atomic mass is 10.2. The summed E-state index contributed by atoms with van der Waals surface area (Å²) in [6.45, 7) is 1.71. The standard InChI is InChI=1S/C12H13NO5S2/c1-8(5-9-3-2-4-18-9)13-20(16,17)10-6-11(12(14)15)19-7-10/h2-4,6-8,13H,5H2,1H3,(H,14,15). The van der Waals surface area contributed by atoms with Crippen LogP contribution in [0.15, 0.2) is 39.2 Å². The Kier molecular flexibility index (Phi) is 4.26. The molecular weight excluding hydrogens is 302 g/mol. The van der Waals surface area contributed by atoms with Crippen LogP contribution in [-0.4, -0.2) is 25.5 Å². The minimum Gasteiger partial charge on any atom is -0.477 e. The Morgan fingerprint density at radius 2 is 2.30 bits per heavy atom. The molecule has 0 aliphatic heterocycles. The third-order valence-electron chi connectivity index (χ3n) is 2.54. The van der Waals surface area contributed by atoms with Crippen molar-refractivity contribution in [2.75, 3.05) is 0 Å². The van der Waals surface area contributed by atoms with Crippen molar-refractivity contribution in [3.63, 3.8) is 0 Å². The molecule has 108 valence electrons. The van der Waals surface area contributed by atoms with Crippen LogP contribution in [0.2, 0.25) is 0 Å². The minimum absolute atomic E-state index is 0.0101. The smallest absolute Gasteiger partial charge is 0.345 e. The van der Waals surface area contributed by atoms with Gasteiger partial charge in [0.1, 0.15) is 10.6 Å². The number of hydrogen-bond donors (Lipinski definition) is 2. The topological polar surface area (TPSA) is 96.6 Å². The van der Waals surface area contributed by atoms with Crippen molar-refractivity contribution in [1.82, 2.24) is 4.72 Å². The van der Waals surface area contributed by atoms with Gasteiger partial charge in [-0.25, -0.2) is 17.9 Å². The molecule has 2 N–H and O–H groups in total. The number of sulfonamides is 1. The van der Waals surface area contributed by atoms with Crippen LogP contribution in [0.5, 0.6) is 0 Å². The fraction of sp³-hybridized carbons (Fsp3) is 0.250. The molecule has 0 radical (unpaired) electrons. The molecule has 1 unspecified atom stereocenters. The van der Waals surface area contributed by atoms with E-state index in [2.05, 4.69) is 4.72 Å². The summed E-state index contributed by atoms with van der Waals surface area (Å²) < 4.78 is 31.8. The lowest BCUT2D eigenvalue weighted by Gasteiger charge is -2.11. The maximum Gasteiger partial charge on any atom is 0.345 e. The molecule has 20 heavy (non-hydrogen) atoms. The number of aromatic carboxylic acids is 1. The van der Waals surface area contributed by atoms with Gasteiger partial charge in [0.15, 0.2) is 0 Å². The molecule has 0 spiro atoms. The highest BCUT2D eigenvalue weighted by Crippen LogP contribution is 2.19. The Bertz CT molecular complexity index is 687. The second-order valence-corrected chi connectivity index (χ2v) is 6.88. The highest BCUT2D eigenvalue weighted by molar-refractivity contribution is 7.89. The van der Waals surface area contributed by atoms with Crippen LogP contribution in [-0.2, 0) is 16.4 Å². The number of nitrogens with one attached hydrogen (secondary N) is 1. The zero-order valence-corrected chi connectivity index (χ0v) is 12.2. The second-order valence-electron chi connectivity index (χ2n) is 4.26. The van der Waals surface area contributed by atoms with Crippen LogP contribution in [0.1, 0.15) is 22.4 Å². The molecule has 0 saturated carbocycles. The van der Waals surface area contributed by atoms with Gasteiger partial charge in [0.25, 0.3) is 0 Å². The van der Waals surface area contributed by atoms with Crippen molar-refractivity contribution in [1.29, 1.82) is 0 Å². The normalized spacial score (nSPS) is 13.2. The van der Waals surface area contributed by atoms with Gasteiger partial charge in [0.2, 0.25) is 10.0 Å². The van der Waals surface area contributed by atoms with Gasteiger partial charge in [-0.05, 0) is 25.1 Å². The average Bonchev–Trinajstić information content (AvgIpc) is 2.97. The summed E-state index contributed by atoms with van der Waals surface area (Å²) in [6.07, 6.45) is 1.94. The van der Waals surface area contributed by atoms with E-state index in [-0.39, 0.29) is 15.8 Å². The number of thiophene rings is 1. The van der Waals surface area contributed by atoms with E-state index < -0.39 is 16.0 Å². The minimum atomic E-state index is -3.72. The maximum atomic E-state index is 12.1. The first-order chi connectivity index (χ1) is 9.38. The summed E-state index contributed by atoms with van der Waals surface area (Å²) in [7, 11) is -3.72. The molecule has 1 atom stereocenters. The molecular formula is C12H13NO5S2. The molecule has 0 aliphatic rings. The Balaban J connectivity index is 2.08. The van der Waals surface area contributed by atoms with E-state index in [0.717, 1.165) is 17.4 Å². The van der Waals surface area contributed by atoms with E-state index in [4.69, 9.17) is 9.52 Å². The summed E-state index contributed by atoms with van der Waals surface area (Å²) in [5.41, 5.74) is 0. The molecule has 0 fully saturated rings. The van der Waals surface area contributed by atoms with Gasteiger partial charge >= 0.3 is 5.97 Å². The van der Waals surface area contributed by atoms with Gasteiger partial charge in [-0.1, -0.05) is 0 Å².